The molecule has 1 amide bonds. The molecule has 0 saturated carbocycles. The van der Waals surface area contributed by atoms with Gasteiger partial charge in [0.2, 0.25) is 5.91 Å². The predicted molar refractivity (Wildman–Crippen MR) is 67.5 cm³/mol. The number of nitrogens with one attached hydrogen (secondary N) is 2. The Morgan fingerprint density at radius 2 is 2.00 bits per heavy atom. The lowest BCUT2D eigenvalue weighted by Gasteiger charge is -2.17. The minimum Gasteiger partial charge on any atom is -0.353 e. The van der Waals surface area contributed by atoms with Crippen molar-refractivity contribution in [3.8, 4) is 0 Å². The van der Waals surface area contributed by atoms with E-state index in [1.54, 1.807) is 6.92 Å². The SMILES string of the molecule is CC(C)NC(=O)C(C)NCC1CCS(=O)(=O)C1. The molecule has 100 valence electrons. The molecule has 1 heterocycles. The molecule has 0 aromatic rings. The first-order valence-corrected chi connectivity index (χ1v) is 7.86. The second-order valence-corrected chi connectivity index (χ2v) is 7.29. The van der Waals surface area contributed by atoms with Gasteiger partial charge in [-0.05, 0) is 39.7 Å². The van der Waals surface area contributed by atoms with Crippen molar-refractivity contribution >= 4 is 15.7 Å². The Balaban J connectivity index is 2.29. The summed E-state index contributed by atoms with van der Waals surface area (Å²) in [6.45, 7) is 6.20. The van der Waals surface area contributed by atoms with Crippen LogP contribution < -0.4 is 10.6 Å². The summed E-state index contributed by atoms with van der Waals surface area (Å²) in [5, 5.41) is 5.91. The van der Waals surface area contributed by atoms with Gasteiger partial charge in [0.25, 0.3) is 0 Å². The van der Waals surface area contributed by atoms with Crippen LogP contribution in [0.25, 0.3) is 0 Å². The first kappa shape index (κ1) is 14.4. The molecule has 0 aromatic heterocycles. The van der Waals surface area contributed by atoms with Gasteiger partial charge in [-0.15, -0.1) is 0 Å². The maximum atomic E-state index is 11.6. The second-order valence-electron chi connectivity index (χ2n) is 5.06. The van der Waals surface area contributed by atoms with Crippen molar-refractivity contribution in [1.29, 1.82) is 0 Å². The van der Waals surface area contributed by atoms with Gasteiger partial charge in [0.15, 0.2) is 9.84 Å². The summed E-state index contributed by atoms with van der Waals surface area (Å²) < 4.78 is 22.5. The number of hydrogen-bond acceptors (Lipinski definition) is 4. The molecule has 2 atom stereocenters. The van der Waals surface area contributed by atoms with Crippen molar-refractivity contribution in [3.05, 3.63) is 0 Å². The van der Waals surface area contributed by atoms with Crippen LogP contribution in [0.5, 0.6) is 0 Å². The van der Waals surface area contributed by atoms with E-state index < -0.39 is 9.84 Å². The Bertz CT molecular complexity index is 365. The maximum Gasteiger partial charge on any atom is 0.237 e. The number of carbonyl (C=O) groups is 1. The molecule has 1 aliphatic heterocycles. The summed E-state index contributed by atoms with van der Waals surface area (Å²) in [7, 11) is -2.82. The van der Waals surface area contributed by atoms with Crippen molar-refractivity contribution < 1.29 is 13.2 Å². The van der Waals surface area contributed by atoms with Crippen LogP contribution in [-0.2, 0) is 14.6 Å². The number of hydrogen-bond donors (Lipinski definition) is 2. The summed E-state index contributed by atoms with van der Waals surface area (Å²) in [5.74, 6) is 0.639. The third kappa shape index (κ3) is 5.04. The quantitative estimate of drug-likeness (QED) is 0.727. The highest BCUT2D eigenvalue weighted by atomic mass is 32.2. The Labute approximate surface area is 103 Å². The Hall–Kier alpha value is -0.620. The smallest absolute Gasteiger partial charge is 0.237 e. The molecule has 2 N–H and O–H groups in total. The van der Waals surface area contributed by atoms with Crippen LogP contribution in [0.4, 0.5) is 0 Å². The molecular formula is C11H22N2O3S. The average Bonchev–Trinajstić information content (AvgIpc) is 2.53. The van der Waals surface area contributed by atoms with Gasteiger partial charge in [0.05, 0.1) is 17.5 Å². The molecule has 6 heteroatoms. The summed E-state index contributed by atoms with van der Waals surface area (Å²) in [6, 6.07) is -0.153. The minimum atomic E-state index is -2.82. The van der Waals surface area contributed by atoms with Crippen molar-refractivity contribution in [2.75, 3.05) is 18.1 Å². The van der Waals surface area contributed by atoms with E-state index in [2.05, 4.69) is 10.6 Å². The molecular weight excluding hydrogens is 240 g/mol. The number of rotatable bonds is 5. The molecule has 1 fully saturated rings. The van der Waals surface area contributed by atoms with E-state index in [0.717, 1.165) is 0 Å². The fourth-order valence-corrected chi connectivity index (χ4v) is 3.74. The van der Waals surface area contributed by atoms with Crippen LogP contribution in [0.2, 0.25) is 0 Å². The second kappa shape index (κ2) is 5.82. The molecule has 0 aromatic carbocycles. The van der Waals surface area contributed by atoms with Crippen molar-refractivity contribution in [3.63, 3.8) is 0 Å². The van der Waals surface area contributed by atoms with E-state index in [0.29, 0.717) is 13.0 Å². The van der Waals surface area contributed by atoms with Crippen molar-refractivity contribution in [2.45, 2.75) is 39.3 Å². The zero-order chi connectivity index (χ0) is 13.1. The number of sulfone groups is 1. The van der Waals surface area contributed by atoms with Crippen molar-refractivity contribution in [2.24, 2.45) is 5.92 Å². The third-order valence-corrected chi connectivity index (χ3v) is 4.70. The molecule has 2 unspecified atom stereocenters. The fourth-order valence-electron chi connectivity index (χ4n) is 1.88. The lowest BCUT2D eigenvalue weighted by atomic mass is 10.1. The Morgan fingerprint density at radius 3 is 2.47 bits per heavy atom. The Kier molecular flexibility index (Phi) is 4.94. The van der Waals surface area contributed by atoms with E-state index in [4.69, 9.17) is 0 Å². The van der Waals surface area contributed by atoms with E-state index in [1.165, 1.54) is 0 Å². The molecule has 0 aliphatic carbocycles. The zero-order valence-corrected chi connectivity index (χ0v) is 11.5. The lowest BCUT2D eigenvalue weighted by molar-refractivity contribution is -0.123. The molecule has 1 saturated heterocycles. The summed E-state index contributed by atoms with van der Waals surface area (Å²) in [6.07, 6.45) is 0.702. The molecule has 1 rings (SSSR count). The van der Waals surface area contributed by atoms with Gasteiger partial charge >= 0.3 is 0 Å². The van der Waals surface area contributed by atoms with Gasteiger partial charge in [-0.1, -0.05) is 0 Å². The van der Waals surface area contributed by atoms with Crippen LogP contribution in [0.1, 0.15) is 27.2 Å². The van der Waals surface area contributed by atoms with Crippen molar-refractivity contribution in [1.82, 2.24) is 10.6 Å². The average molecular weight is 262 g/mol. The molecule has 0 bridgehead atoms. The highest BCUT2D eigenvalue weighted by Crippen LogP contribution is 2.17. The fraction of sp³-hybridized carbons (Fsp3) is 0.909. The maximum absolute atomic E-state index is 11.6. The van der Waals surface area contributed by atoms with Gasteiger partial charge in [-0.3, -0.25) is 4.79 Å². The summed E-state index contributed by atoms with van der Waals surface area (Å²) in [5.41, 5.74) is 0. The Morgan fingerprint density at radius 1 is 1.35 bits per heavy atom. The molecule has 0 spiro atoms. The highest BCUT2D eigenvalue weighted by Gasteiger charge is 2.28. The zero-order valence-electron chi connectivity index (χ0n) is 10.7. The van der Waals surface area contributed by atoms with Crippen LogP contribution in [0.3, 0.4) is 0 Å². The molecule has 0 radical (unpaired) electrons. The van der Waals surface area contributed by atoms with Crippen LogP contribution in [0.15, 0.2) is 0 Å². The summed E-state index contributed by atoms with van der Waals surface area (Å²) in [4.78, 5) is 11.6. The standard InChI is InChI=1S/C11H22N2O3S/c1-8(2)13-11(14)9(3)12-6-10-4-5-17(15,16)7-10/h8-10,12H,4-7H2,1-3H3,(H,13,14). The van der Waals surface area contributed by atoms with Crippen LogP contribution in [0, 0.1) is 5.92 Å². The largest absolute Gasteiger partial charge is 0.353 e. The number of carbonyl (C=O) groups excluding carboxylic acids is 1. The molecule has 1 aliphatic rings. The topological polar surface area (TPSA) is 75.3 Å². The lowest BCUT2D eigenvalue weighted by Crippen LogP contribution is -2.46. The van der Waals surface area contributed by atoms with E-state index in [1.807, 2.05) is 13.8 Å². The van der Waals surface area contributed by atoms with Gasteiger partial charge in [-0.2, -0.15) is 0 Å². The van der Waals surface area contributed by atoms with Gasteiger partial charge in [0.1, 0.15) is 0 Å². The molecule has 17 heavy (non-hydrogen) atoms. The number of amides is 1. The minimum absolute atomic E-state index is 0.0409. The normalized spacial score (nSPS) is 24.8. The van der Waals surface area contributed by atoms with E-state index in [-0.39, 0.29) is 35.4 Å². The molecule has 5 nitrogen and oxygen atoms in total. The van der Waals surface area contributed by atoms with Gasteiger partial charge in [0, 0.05) is 6.04 Å². The monoisotopic (exact) mass is 262 g/mol. The third-order valence-electron chi connectivity index (χ3n) is 2.86. The highest BCUT2D eigenvalue weighted by molar-refractivity contribution is 7.91. The summed E-state index contributed by atoms with van der Waals surface area (Å²) >= 11 is 0. The van der Waals surface area contributed by atoms with Gasteiger partial charge in [-0.25, -0.2) is 8.42 Å². The first-order valence-electron chi connectivity index (χ1n) is 6.04. The first-order chi connectivity index (χ1) is 7.80. The van der Waals surface area contributed by atoms with Crippen LogP contribution >= 0.6 is 0 Å². The van der Waals surface area contributed by atoms with E-state index in [9.17, 15) is 13.2 Å². The van der Waals surface area contributed by atoms with E-state index >= 15 is 0 Å². The van der Waals surface area contributed by atoms with Gasteiger partial charge < -0.3 is 10.6 Å². The van der Waals surface area contributed by atoms with Crippen LogP contribution in [-0.4, -0.2) is 44.5 Å². The predicted octanol–water partition coefficient (Wildman–Crippen LogP) is -0.0762.